The molecule has 3 rings (SSSR count). The molecule has 2 fully saturated rings. The minimum absolute atomic E-state index is 0.316. The Hall–Kier alpha value is -1.13. The number of rotatable bonds is 3. The minimum Gasteiger partial charge on any atom is -0.370 e. The maximum atomic E-state index is 4.63. The second-order valence-electron chi connectivity index (χ2n) is 6.64. The van der Waals surface area contributed by atoms with Crippen LogP contribution in [0.4, 0.5) is 5.69 Å². The van der Waals surface area contributed by atoms with E-state index in [0.29, 0.717) is 6.04 Å². The minimum atomic E-state index is 0.316. The Morgan fingerprint density at radius 2 is 2.14 bits per heavy atom. The van der Waals surface area contributed by atoms with E-state index in [9.17, 15) is 0 Å². The molecule has 116 valence electrons. The molecule has 3 heterocycles. The van der Waals surface area contributed by atoms with Crippen LogP contribution >= 0.6 is 0 Å². The van der Waals surface area contributed by atoms with Crippen molar-refractivity contribution in [3.8, 4) is 0 Å². The number of fused-ring (bicyclic) bond motifs is 1. The monoisotopic (exact) mass is 288 g/mol. The summed E-state index contributed by atoms with van der Waals surface area (Å²) in [6, 6.07) is 5.52. The van der Waals surface area contributed by atoms with Gasteiger partial charge in [0.15, 0.2) is 0 Å². The molecule has 0 radical (unpaired) electrons. The van der Waals surface area contributed by atoms with E-state index in [2.05, 4.69) is 52.4 Å². The van der Waals surface area contributed by atoms with Crippen LogP contribution in [0, 0.1) is 5.92 Å². The van der Waals surface area contributed by atoms with Gasteiger partial charge in [0.05, 0.1) is 17.6 Å². The number of likely N-dealkylation sites (tertiary alicyclic amines) is 1. The fourth-order valence-corrected chi connectivity index (χ4v) is 3.88. The summed E-state index contributed by atoms with van der Waals surface area (Å²) in [5.41, 5.74) is 2.40. The third kappa shape index (κ3) is 3.06. The van der Waals surface area contributed by atoms with Crippen molar-refractivity contribution in [2.24, 2.45) is 5.92 Å². The molecule has 1 aromatic heterocycles. The number of pyridine rings is 1. The average molecular weight is 288 g/mol. The van der Waals surface area contributed by atoms with Crippen LogP contribution in [0.2, 0.25) is 0 Å². The summed E-state index contributed by atoms with van der Waals surface area (Å²) in [6.45, 7) is 5.77. The van der Waals surface area contributed by atoms with Crippen molar-refractivity contribution >= 4 is 5.69 Å². The Labute approximate surface area is 128 Å². The van der Waals surface area contributed by atoms with Gasteiger partial charge in [-0.15, -0.1) is 0 Å². The summed E-state index contributed by atoms with van der Waals surface area (Å²) >= 11 is 0. The van der Waals surface area contributed by atoms with Gasteiger partial charge in [-0.05, 0) is 64.9 Å². The first-order chi connectivity index (χ1) is 10.2. The maximum absolute atomic E-state index is 4.63. The van der Waals surface area contributed by atoms with E-state index in [1.807, 2.05) is 7.05 Å². The third-order valence-electron chi connectivity index (χ3n) is 5.36. The number of hydrogen-bond donors (Lipinski definition) is 1. The van der Waals surface area contributed by atoms with Gasteiger partial charge in [0.25, 0.3) is 0 Å². The molecule has 0 bridgehead atoms. The summed E-state index contributed by atoms with van der Waals surface area (Å²) in [5.74, 6) is 0.827. The molecule has 21 heavy (non-hydrogen) atoms. The SMILES string of the molecule is CNC(C)c1ccc(N2CCC3C(CCCN3C)C2)cn1. The van der Waals surface area contributed by atoms with Crippen LogP contribution in [0.15, 0.2) is 18.3 Å². The molecule has 2 saturated heterocycles. The first kappa shape index (κ1) is 14.8. The van der Waals surface area contributed by atoms with E-state index in [0.717, 1.165) is 24.2 Å². The lowest BCUT2D eigenvalue weighted by Crippen LogP contribution is -2.52. The van der Waals surface area contributed by atoms with Crippen molar-refractivity contribution in [1.82, 2.24) is 15.2 Å². The van der Waals surface area contributed by atoms with Crippen LogP contribution in [0.3, 0.4) is 0 Å². The molecule has 4 nitrogen and oxygen atoms in total. The van der Waals surface area contributed by atoms with Crippen LogP contribution in [0.5, 0.6) is 0 Å². The second kappa shape index (κ2) is 6.32. The topological polar surface area (TPSA) is 31.4 Å². The van der Waals surface area contributed by atoms with Crippen LogP contribution in [-0.4, -0.2) is 49.7 Å². The molecule has 1 aromatic rings. The summed E-state index contributed by atoms with van der Waals surface area (Å²) in [4.78, 5) is 9.73. The highest BCUT2D eigenvalue weighted by Crippen LogP contribution is 2.31. The summed E-state index contributed by atoms with van der Waals surface area (Å²) in [7, 11) is 4.27. The first-order valence-electron chi connectivity index (χ1n) is 8.27. The smallest absolute Gasteiger partial charge is 0.0571 e. The molecule has 2 aliphatic rings. The fourth-order valence-electron chi connectivity index (χ4n) is 3.88. The van der Waals surface area contributed by atoms with Gasteiger partial charge >= 0.3 is 0 Å². The normalized spacial score (nSPS) is 28.2. The van der Waals surface area contributed by atoms with E-state index in [1.54, 1.807) is 0 Å². The van der Waals surface area contributed by atoms with Crippen molar-refractivity contribution < 1.29 is 0 Å². The summed E-state index contributed by atoms with van der Waals surface area (Å²) in [5, 5.41) is 3.24. The van der Waals surface area contributed by atoms with Crippen molar-refractivity contribution in [2.75, 3.05) is 38.6 Å². The zero-order chi connectivity index (χ0) is 14.8. The average Bonchev–Trinajstić information content (AvgIpc) is 2.54. The van der Waals surface area contributed by atoms with Gasteiger partial charge < -0.3 is 15.1 Å². The van der Waals surface area contributed by atoms with E-state index < -0.39 is 0 Å². The number of piperidine rings is 2. The number of anilines is 1. The van der Waals surface area contributed by atoms with Crippen LogP contribution in [0.25, 0.3) is 0 Å². The number of hydrogen-bond acceptors (Lipinski definition) is 4. The highest BCUT2D eigenvalue weighted by atomic mass is 15.2. The molecule has 3 unspecified atom stereocenters. The molecule has 0 spiro atoms. The third-order valence-corrected chi connectivity index (χ3v) is 5.36. The quantitative estimate of drug-likeness (QED) is 0.924. The van der Waals surface area contributed by atoms with Gasteiger partial charge in [-0.2, -0.15) is 0 Å². The number of nitrogens with one attached hydrogen (secondary N) is 1. The lowest BCUT2D eigenvalue weighted by molar-refractivity contribution is 0.102. The molecule has 0 saturated carbocycles. The van der Waals surface area contributed by atoms with Crippen LogP contribution in [0.1, 0.15) is 37.9 Å². The Kier molecular flexibility index (Phi) is 4.45. The zero-order valence-corrected chi connectivity index (χ0v) is 13.5. The Morgan fingerprint density at radius 1 is 1.29 bits per heavy atom. The first-order valence-corrected chi connectivity index (χ1v) is 8.27. The van der Waals surface area contributed by atoms with Gasteiger partial charge in [-0.3, -0.25) is 4.98 Å². The Balaban J connectivity index is 1.68. The van der Waals surface area contributed by atoms with Gasteiger partial charge in [0.1, 0.15) is 0 Å². The van der Waals surface area contributed by atoms with Crippen molar-refractivity contribution in [1.29, 1.82) is 0 Å². The van der Waals surface area contributed by atoms with Crippen LogP contribution < -0.4 is 10.2 Å². The molecule has 2 aliphatic heterocycles. The zero-order valence-electron chi connectivity index (χ0n) is 13.5. The van der Waals surface area contributed by atoms with E-state index in [-0.39, 0.29) is 0 Å². The van der Waals surface area contributed by atoms with E-state index >= 15 is 0 Å². The molecule has 0 amide bonds. The van der Waals surface area contributed by atoms with Crippen molar-refractivity contribution in [3.63, 3.8) is 0 Å². The predicted octanol–water partition coefficient (Wildman–Crippen LogP) is 2.28. The number of aromatic nitrogens is 1. The largest absolute Gasteiger partial charge is 0.370 e. The van der Waals surface area contributed by atoms with Crippen molar-refractivity contribution in [2.45, 2.75) is 38.3 Å². The summed E-state index contributed by atoms with van der Waals surface area (Å²) in [6.07, 6.45) is 6.07. The van der Waals surface area contributed by atoms with E-state index in [4.69, 9.17) is 0 Å². The Bertz CT molecular complexity index is 458. The highest BCUT2D eigenvalue weighted by molar-refractivity contribution is 5.45. The lowest BCUT2D eigenvalue weighted by atomic mass is 9.84. The van der Waals surface area contributed by atoms with Gasteiger partial charge in [-0.1, -0.05) is 0 Å². The Morgan fingerprint density at radius 3 is 2.86 bits per heavy atom. The van der Waals surface area contributed by atoms with Crippen molar-refractivity contribution in [3.05, 3.63) is 24.0 Å². The standard InChI is InChI=1S/C17H28N4/c1-13(18-2)16-7-6-15(11-19-16)21-10-8-17-14(12-21)5-4-9-20(17)3/h6-7,11,13-14,17-18H,4-5,8-10,12H2,1-3H3. The molecule has 3 atom stereocenters. The second-order valence-corrected chi connectivity index (χ2v) is 6.64. The van der Waals surface area contributed by atoms with E-state index in [1.165, 1.54) is 38.0 Å². The number of nitrogens with zero attached hydrogens (tertiary/aromatic N) is 3. The van der Waals surface area contributed by atoms with Gasteiger partial charge in [0.2, 0.25) is 0 Å². The molecule has 0 aromatic carbocycles. The fraction of sp³-hybridized carbons (Fsp3) is 0.706. The molecule has 0 aliphatic carbocycles. The molecule has 1 N–H and O–H groups in total. The summed E-state index contributed by atoms with van der Waals surface area (Å²) < 4.78 is 0. The molecular formula is C17H28N4. The highest BCUT2D eigenvalue weighted by Gasteiger charge is 2.34. The van der Waals surface area contributed by atoms with Gasteiger partial charge in [-0.25, -0.2) is 0 Å². The molecule has 4 heteroatoms. The maximum Gasteiger partial charge on any atom is 0.0571 e. The predicted molar refractivity (Wildman–Crippen MR) is 87.7 cm³/mol. The van der Waals surface area contributed by atoms with Crippen LogP contribution in [-0.2, 0) is 0 Å². The molecular weight excluding hydrogens is 260 g/mol. The lowest BCUT2D eigenvalue weighted by Gasteiger charge is -2.46. The van der Waals surface area contributed by atoms with Gasteiger partial charge in [0, 0.05) is 25.2 Å².